The average molecular weight is 312 g/mol. The van der Waals surface area contributed by atoms with Crippen molar-refractivity contribution in [1.82, 2.24) is 9.88 Å². The molecule has 0 saturated heterocycles. The van der Waals surface area contributed by atoms with Gasteiger partial charge >= 0.3 is 0 Å². The third-order valence-corrected chi connectivity index (χ3v) is 3.73. The number of hydrogen-bond acceptors (Lipinski definition) is 1. The number of carbonyl (C=O) groups excluding carboxylic acids is 1. The van der Waals surface area contributed by atoms with Crippen molar-refractivity contribution in [3.05, 3.63) is 35.4 Å². The smallest absolute Gasteiger partial charge is 0.221 e. The van der Waals surface area contributed by atoms with Gasteiger partial charge in [-0.05, 0) is 37.2 Å². The van der Waals surface area contributed by atoms with Crippen LogP contribution in [-0.4, -0.2) is 22.9 Å². The Morgan fingerprint density at radius 3 is 3.14 bits per heavy atom. The van der Waals surface area contributed by atoms with E-state index in [0.29, 0.717) is 16.6 Å². The molecule has 0 saturated carbocycles. The lowest BCUT2D eigenvalue weighted by Gasteiger charge is -2.17. The molecule has 0 spiro atoms. The van der Waals surface area contributed by atoms with E-state index in [1.807, 2.05) is 0 Å². The molecule has 1 aliphatic heterocycles. The fourth-order valence-electron chi connectivity index (χ4n) is 2.60. The van der Waals surface area contributed by atoms with Crippen LogP contribution in [0.15, 0.2) is 24.2 Å². The van der Waals surface area contributed by atoms with E-state index in [-0.39, 0.29) is 67.4 Å². The van der Waals surface area contributed by atoms with E-state index in [1.165, 1.54) is 0 Å². The maximum Gasteiger partial charge on any atom is 0.221 e. The van der Waals surface area contributed by atoms with Crippen molar-refractivity contribution in [2.75, 3.05) is 12.4 Å². The predicted molar refractivity (Wildman–Crippen MR) is 86.9 cm³/mol. The van der Waals surface area contributed by atoms with Gasteiger partial charge < -0.3 is 9.88 Å². The normalized spacial score (nSPS) is 29.4. The molecular weight excluding hydrogens is 284 g/mol. The fourth-order valence-corrected chi connectivity index (χ4v) is 2.77. The van der Waals surface area contributed by atoms with Gasteiger partial charge in [0.15, 0.2) is 0 Å². The molecule has 1 aliphatic rings. The first-order valence-corrected chi connectivity index (χ1v) is 7.44. The number of rotatable bonds is 5. The number of hydrogen-bond donors (Lipinski definition) is 1. The number of alkyl halides is 1. The number of nitrogens with zero attached hydrogens (tertiary/aromatic N) is 1. The molecule has 3 unspecified atom stereocenters. The third-order valence-electron chi connectivity index (χ3n) is 3.54. The number of aromatic nitrogens is 1. The Labute approximate surface area is 140 Å². The Kier molecular flexibility index (Phi) is 2.56. The average Bonchev–Trinajstić information content (AvgIpc) is 2.97. The quantitative estimate of drug-likeness (QED) is 0.845. The van der Waals surface area contributed by atoms with E-state index in [9.17, 15) is 4.79 Å². The van der Waals surface area contributed by atoms with E-state index in [2.05, 4.69) is 5.32 Å². The van der Waals surface area contributed by atoms with Crippen molar-refractivity contribution in [3.8, 4) is 0 Å². The number of benzene rings is 1. The van der Waals surface area contributed by atoms with Gasteiger partial charge in [-0.2, -0.15) is 0 Å². The van der Waals surface area contributed by atoms with Gasteiger partial charge in [-0.15, -0.1) is 11.6 Å². The highest BCUT2D eigenvalue weighted by Gasteiger charge is 2.18. The first kappa shape index (κ1) is 8.23. The van der Waals surface area contributed by atoms with Crippen LogP contribution in [0.25, 0.3) is 10.9 Å². The second-order valence-electron chi connectivity index (χ2n) is 4.83. The van der Waals surface area contributed by atoms with Crippen LogP contribution in [0.1, 0.15) is 40.1 Å². The molecule has 1 amide bonds. The molecule has 3 rings (SSSR count). The maximum atomic E-state index is 11.7. The van der Waals surface area contributed by atoms with Gasteiger partial charge in [0, 0.05) is 46.1 Å². The first-order chi connectivity index (χ1) is 13.2. The van der Waals surface area contributed by atoms with Gasteiger partial charge in [0.1, 0.15) is 0 Å². The number of carbonyl (C=O) groups is 1. The summed E-state index contributed by atoms with van der Waals surface area (Å²) in [5, 5.41) is 3.03. The van der Waals surface area contributed by atoms with Crippen LogP contribution >= 0.6 is 11.6 Å². The number of halogens is 1. The molecule has 21 heavy (non-hydrogen) atoms. The first-order valence-electron chi connectivity index (χ1n) is 10.6. The Bertz CT molecular complexity index is 933. The van der Waals surface area contributed by atoms with Crippen molar-refractivity contribution in [3.63, 3.8) is 0 Å². The van der Waals surface area contributed by atoms with Crippen LogP contribution < -0.4 is 5.32 Å². The second kappa shape index (κ2) is 6.52. The number of nitrogens with one attached hydrogen (secondary N) is 1. The predicted octanol–water partition coefficient (Wildman–Crippen LogP) is 3.27. The molecule has 0 radical (unpaired) electrons. The molecule has 1 N–H and O–H groups in total. The number of fused-ring (bicyclic) bond motifs is 3. The molecular formula is C17H21ClN2O. The van der Waals surface area contributed by atoms with Crippen molar-refractivity contribution in [2.45, 2.75) is 38.6 Å². The number of para-hydroxylation sites is 1. The summed E-state index contributed by atoms with van der Waals surface area (Å²) in [6.07, 6.45) is -2.44. The van der Waals surface area contributed by atoms with Gasteiger partial charge in [-0.1, -0.05) is 18.1 Å². The van der Waals surface area contributed by atoms with Crippen LogP contribution in [0.3, 0.4) is 0 Å². The Morgan fingerprint density at radius 2 is 2.29 bits per heavy atom. The van der Waals surface area contributed by atoms with Gasteiger partial charge in [0.2, 0.25) is 5.91 Å². The van der Waals surface area contributed by atoms with E-state index in [4.69, 9.17) is 21.2 Å². The minimum atomic E-state index is -1.04. The fraction of sp³-hybridized carbons (Fsp3) is 0.471. The largest absolute Gasteiger partial charge is 0.356 e. The summed E-state index contributed by atoms with van der Waals surface area (Å²) >= 11 is 5.56. The van der Waals surface area contributed by atoms with Crippen molar-refractivity contribution in [1.29, 1.82) is 0 Å². The molecule has 3 atom stereocenters. The summed E-state index contributed by atoms with van der Waals surface area (Å²) in [7, 11) is 0. The zero-order valence-electron chi connectivity index (χ0n) is 18.5. The molecule has 112 valence electrons. The Hall–Kier alpha value is -1.48. The van der Waals surface area contributed by atoms with E-state index < -0.39 is 19.2 Å². The SMILES string of the molecule is [2H]c1c([2H])c([2H])c2c(c1[2H])c(CCNC(=O)CCCl)c1n2CC([2H])C([2H])C1[2H]. The van der Waals surface area contributed by atoms with Gasteiger partial charge in [0.05, 0.1) is 5.48 Å². The van der Waals surface area contributed by atoms with E-state index in [1.54, 1.807) is 4.57 Å². The summed E-state index contributed by atoms with van der Waals surface area (Å²) in [4.78, 5) is 11.7. The van der Waals surface area contributed by atoms with Gasteiger partial charge in [-0.3, -0.25) is 4.79 Å². The van der Waals surface area contributed by atoms with Crippen molar-refractivity contribution >= 4 is 28.4 Å². The molecule has 1 aromatic carbocycles. The van der Waals surface area contributed by atoms with E-state index in [0.717, 1.165) is 0 Å². The van der Waals surface area contributed by atoms with Crippen LogP contribution in [0, 0.1) is 0 Å². The second-order valence-corrected chi connectivity index (χ2v) is 5.21. The van der Waals surface area contributed by atoms with Gasteiger partial charge in [-0.25, -0.2) is 0 Å². The minimum absolute atomic E-state index is 0.0933. The van der Waals surface area contributed by atoms with E-state index >= 15 is 0 Å². The highest BCUT2D eigenvalue weighted by molar-refractivity contribution is 6.18. The molecule has 3 nitrogen and oxygen atoms in total. The topological polar surface area (TPSA) is 34.0 Å². The van der Waals surface area contributed by atoms with Gasteiger partial charge in [0.25, 0.3) is 0 Å². The monoisotopic (exact) mass is 311 g/mol. The summed E-state index contributed by atoms with van der Waals surface area (Å²) in [5.41, 5.74) is 1.25. The summed E-state index contributed by atoms with van der Waals surface area (Å²) in [5.74, 6) is -0.0225. The molecule has 1 aromatic heterocycles. The van der Waals surface area contributed by atoms with Crippen LogP contribution in [0.4, 0.5) is 0 Å². The number of amides is 1. The lowest BCUT2D eigenvalue weighted by molar-refractivity contribution is -0.120. The molecule has 2 heterocycles. The van der Waals surface area contributed by atoms with Crippen LogP contribution in [-0.2, 0) is 24.2 Å². The highest BCUT2D eigenvalue weighted by Crippen LogP contribution is 2.30. The van der Waals surface area contributed by atoms with Crippen LogP contribution in [0.2, 0.25) is 0 Å². The summed E-state index contributed by atoms with van der Waals surface area (Å²) in [6, 6.07) is -1.14. The van der Waals surface area contributed by atoms with Crippen molar-refractivity contribution in [2.24, 2.45) is 0 Å². The zero-order valence-corrected chi connectivity index (χ0v) is 12.3. The maximum absolute atomic E-state index is 11.7. The van der Waals surface area contributed by atoms with Crippen molar-refractivity contribution < 1.29 is 14.4 Å². The molecule has 4 heteroatoms. The summed E-state index contributed by atoms with van der Waals surface area (Å²) < 4.78 is 58.9. The Balaban J connectivity index is 2.17. The minimum Gasteiger partial charge on any atom is -0.356 e. The molecule has 0 aliphatic carbocycles. The zero-order chi connectivity index (χ0) is 20.7. The molecule has 2 aromatic rings. The third kappa shape index (κ3) is 2.93. The lowest BCUT2D eigenvalue weighted by atomic mass is 10.0. The summed E-state index contributed by atoms with van der Waals surface area (Å²) in [6.45, 7) is 0.320. The standard InChI is InChI=1S/C17H21ClN2O/c18-10-8-17(21)19-11-9-14-13-5-1-2-6-15(13)20-12-4-3-7-16(14)20/h1-2,5-6H,3-4,7-12H2,(H,19,21)/i1D,2D,3D,4D,5D,6D,7D. The van der Waals surface area contributed by atoms with Crippen LogP contribution in [0.5, 0.6) is 0 Å². The lowest BCUT2D eigenvalue weighted by Crippen LogP contribution is -2.26. The number of aryl methyl sites for hydroxylation is 1. The molecule has 0 bridgehead atoms. The molecule has 0 fully saturated rings. The Morgan fingerprint density at radius 1 is 1.43 bits per heavy atom. The highest BCUT2D eigenvalue weighted by atomic mass is 35.5.